The number of hydrogen-bond acceptors (Lipinski definition) is 7. The molecule has 7 nitrogen and oxygen atoms in total. The number of anilines is 1. The van der Waals surface area contributed by atoms with Crippen LogP contribution in [-0.2, 0) is 11.4 Å². The van der Waals surface area contributed by atoms with Gasteiger partial charge >= 0.3 is 6.36 Å². The first kappa shape index (κ1) is 25.5. The number of ether oxygens (including phenoxy) is 1. The van der Waals surface area contributed by atoms with Crippen LogP contribution in [0.5, 0.6) is 5.75 Å². The van der Waals surface area contributed by atoms with Crippen LogP contribution in [-0.4, -0.2) is 45.7 Å². The lowest BCUT2D eigenvalue weighted by Gasteiger charge is -2.33. The number of aryl methyl sites for hydroxylation is 1. The summed E-state index contributed by atoms with van der Waals surface area (Å²) in [4.78, 5) is 12.6. The Balaban J connectivity index is 1.25. The van der Waals surface area contributed by atoms with E-state index in [2.05, 4.69) is 55.7 Å². The van der Waals surface area contributed by atoms with Crippen molar-refractivity contribution in [2.45, 2.75) is 44.0 Å². The Labute approximate surface area is 217 Å². The van der Waals surface area contributed by atoms with E-state index in [1.807, 2.05) is 23.4 Å². The SMILES string of the molecule is CSC1CCN(c2cccc(Cn3nc(C4C=C(c5ccc(OC(F)(F)F)cc5)ON4)nc3C)c2)CC1. The van der Waals surface area contributed by atoms with Gasteiger partial charge in [-0.15, -0.1) is 18.7 Å². The lowest BCUT2D eigenvalue weighted by molar-refractivity contribution is -0.274. The molecule has 1 unspecified atom stereocenters. The lowest BCUT2D eigenvalue weighted by Crippen LogP contribution is -2.34. The van der Waals surface area contributed by atoms with E-state index in [1.54, 1.807) is 6.08 Å². The molecule has 1 N–H and O–H groups in total. The van der Waals surface area contributed by atoms with Gasteiger partial charge in [-0.1, -0.05) is 12.1 Å². The molecule has 2 aliphatic heterocycles. The van der Waals surface area contributed by atoms with Gasteiger partial charge in [0.1, 0.15) is 17.6 Å². The summed E-state index contributed by atoms with van der Waals surface area (Å²) >= 11 is 1.96. The molecule has 2 aliphatic rings. The number of alkyl halides is 3. The number of halogens is 3. The minimum absolute atomic E-state index is 0.288. The van der Waals surface area contributed by atoms with E-state index < -0.39 is 6.36 Å². The van der Waals surface area contributed by atoms with Crippen molar-refractivity contribution in [1.82, 2.24) is 20.2 Å². The molecule has 0 amide bonds. The predicted octanol–water partition coefficient (Wildman–Crippen LogP) is 5.48. The Morgan fingerprint density at radius 2 is 1.89 bits per heavy atom. The fourth-order valence-electron chi connectivity index (χ4n) is 4.55. The highest BCUT2D eigenvalue weighted by Crippen LogP contribution is 2.30. The average molecular weight is 532 g/mol. The van der Waals surface area contributed by atoms with Gasteiger partial charge in [-0.2, -0.15) is 16.9 Å². The quantitative estimate of drug-likeness (QED) is 0.433. The Bertz CT molecular complexity index is 1250. The molecule has 0 aliphatic carbocycles. The van der Waals surface area contributed by atoms with Crippen molar-refractivity contribution < 1.29 is 22.7 Å². The van der Waals surface area contributed by atoms with E-state index in [4.69, 9.17) is 4.84 Å². The number of aromatic nitrogens is 3. The van der Waals surface area contributed by atoms with Crippen molar-refractivity contribution in [2.24, 2.45) is 0 Å². The molecule has 196 valence electrons. The average Bonchev–Trinajstić information content (AvgIpc) is 3.51. The molecule has 2 aromatic carbocycles. The van der Waals surface area contributed by atoms with E-state index >= 15 is 0 Å². The second kappa shape index (κ2) is 10.7. The fraction of sp³-hybridized carbons (Fsp3) is 0.385. The standard InChI is InChI=1S/C26H28F3N5O2S/c1-17-30-25(23-15-24(36-32-23)19-6-8-21(9-7-19)35-26(27,28)29)31-34(17)16-18-4-3-5-20(14-18)33-12-10-22(37-2)11-13-33/h3-9,14-15,22-23,32H,10-13,16H2,1-2H3. The predicted molar refractivity (Wildman–Crippen MR) is 137 cm³/mol. The molecule has 0 saturated carbocycles. The van der Waals surface area contributed by atoms with Gasteiger partial charge in [0.05, 0.1) is 6.54 Å². The maximum Gasteiger partial charge on any atom is 0.573 e. The van der Waals surface area contributed by atoms with E-state index in [-0.39, 0.29) is 11.8 Å². The van der Waals surface area contributed by atoms with Crippen molar-refractivity contribution in [3.8, 4) is 5.75 Å². The van der Waals surface area contributed by atoms with Gasteiger partial charge in [0.2, 0.25) is 0 Å². The van der Waals surface area contributed by atoms with Gasteiger partial charge < -0.3 is 14.5 Å². The highest BCUT2D eigenvalue weighted by atomic mass is 32.2. The summed E-state index contributed by atoms with van der Waals surface area (Å²) in [7, 11) is 0. The highest BCUT2D eigenvalue weighted by Gasteiger charge is 2.31. The third-order valence-electron chi connectivity index (χ3n) is 6.52. The zero-order chi connectivity index (χ0) is 26.0. The molecule has 11 heteroatoms. The molecule has 1 atom stereocenters. The van der Waals surface area contributed by atoms with Gasteiger partial charge in [-0.25, -0.2) is 9.67 Å². The van der Waals surface area contributed by atoms with Crippen molar-refractivity contribution in [2.75, 3.05) is 24.2 Å². The van der Waals surface area contributed by atoms with Crippen LogP contribution >= 0.6 is 11.8 Å². The minimum atomic E-state index is -4.73. The summed E-state index contributed by atoms with van der Waals surface area (Å²) in [5, 5.41) is 5.44. The monoisotopic (exact) mass is 531 g/mol. The second-order valence-corrected chi connectivity index (χ2v) is 10.2. The number of hydrogen-bond donors (Lipinski definition) is 1. The molecule has 0 spiro atoms. The maximum atomic E-state index is 12.4. The molecule has 1 saturated heterocycles. The fourth-order valence-corrected chi connectivity index (χ4v) is 5.23. The molecule has 0 bridgehead atoms. The Morgan fingerprint density at radius 1 is 1.14 bits per heavy atom. The first-order valence-electron chi connectivity index (χ1n) is 12.1. The van der Waals surface area contributed by atoms with Gasteiger partial charge in [0, 0.05) is 29.6 Å². The number of nitrogens with one attached hydrogen (secondary N) is 1. The molecular formula is C26H28F3N5O2S. The van der Waals surface area contributed by atoms with E-state index in [0.29, 0.717) is 23.7 Å². The van der Waals surface area contributed by atoms with Crippen LogP contribution in [0, 0.1) is 6.92 Å². The third-order valence-corrected chi connectivity index (χ3v) is 7.66. The molecule has 5 rings (SSSR count). The van der Waals surface area contributed by atoms with Crippen molar-refractivity contribution in [1.29, 1.82) is 0 Å². The smallest absolute Gasteiger partial charge is 0.407 e. The van der Waals surface area contributed by atoms with Crippen LogP contribution in [0.15, 0.2) is 54.6 Å². The van der Waals surface area contributed by atoms with Gasteiger partial charge in [0.15, 0.2) is 11.6 Å². The summed E-state index contributed by atoms with van der Waals surface area (Å²) in [6.45, 7) is 4.65. The minimum Gasteiger partial charge on any atom is -0.407 e. The molecule has 3 aromatic rings. The first-order chi connectivity index (χ1) is 17.8. The van der Waals surface area contributed by atoms with Crippen LogP contribution < -0.4 is 15.1 Å². The number of piperidine rings is 1. The van der Waals surface area contributed by atoms with Crippen LogP contribution in [0.25, 0.3) is 5.76 Å². The second-order valence-electron chi connectivity index (χ2n) is 9.07. The summed E-state index contributed by atoms with van der Waals surface area (Å²) < 4.78 is 43.0. The summed E-state index contributed by atoms with van der Waals surface area (Å²) in [6, 6.07) is 13.7. The van der Waals surface area contributed by atoms with Crippen molar-refractivity contribution in [3.63, 3.8) is 0 Å². The van der Waals surface area contributed by atoms with E-state index in [9.17, 15) is 13.2 Å². The van der Waals surface area contributed by atoms with E-state index in [1.165, 1.54) is 42.8 Å². The largest absolute Gasteiger partial charge is 0.573 e. The zero-order valence-corrected chi connectivity index (χ0v) is 21.4. The molecule has 1 aromatic heterocycles. The Kier molecular flexibility index (Phi) is 7.34. The van der Waals surface area contributed by atoms with Gasteiger partial charge in [0.25, 0.3) is 0 Å². The number of rotatable bonds is 7. The zero-order valence-electron chi connectivity index (χ0n) is 20.5. The number of thioether (sulfide) groups is 1. The summed E-state index contributed by atoms with van der Waals surface area (Å²) in [5.74, 6) is 1.53. The molecular weight excluding hydrogens is 503 g/mol. The van der Waals surface area contributed by atoms with Crippen molar-refractivity contribution >= 4 is 23.2 Å². The highest BCUT2D eigenvalue weighted by molar-refractivity contribution is 7.99. The van der Waals surface area contributed by atoms with Gasteiger partial charge in [-0.05, 0) is 74.1 Å². The normalized spacial score (nSPS) is 18.6. The topological polar surface area (TPSA) is 64.4 Å². The molecule has 1 fully saturated rings. The van der Waals surface area contributed by atoms with E-state index in [0.717, 1.165) is 29.7 Å². The third kappa shape index (κ3) is 6.22. The molecule has 0 radical (unpaired) electrons. The lowest BCUT2D eigenvalue weighted by atomic mass is 10.1. The summed E-state index contributed by atoms with van der Waals surface area (Å²) in [5.41, 5.74) is 5.89. The van der Waals surface area contributed by atoms with Crippen molar-refractivity contribution in [3.05, 3.63) is 77.4 Å². The van der Waals surface area contributed by atoms with Crippen LogP contribution in [0.3, 0.4) is 0 Å². The molecule has 37 heavy (non-hydrogen) atoms. The first-order valence-corrected chi connectivity index (χ1v) is 13.3. The number of hydroxylamine groups is 1. The summed E-state index contributed by atoms with van der Waals surface area (Å²) in [6.07, 6.45) is 1.67. The number of benzene rings is 2. The van der Waals surface area contributed by atoms with Gasteiger partial charge in [-0.3, -0.25) is 0 Å². The maximum absolute atomic E-state index is 12.4. The van der Waals surface area contributed by atoms with Crippen LogP contribution in [0.2, 0.25) is 0 Å². The molecule has 3 heterocycles. The Morgan fingerprint density at radius 3 is 2.59 bits per heavy atom. The number of nitrogens with zero attached hydrogens (tertiary/aromatic N) is 4. The van der Waals surface area contributed by atoms with Crippen LogP contribution in [0.1, 0.15) is 41.7 Å². The van der Waals surface area contributed by atoms with Crippen LogP contribution in [0.4, 0.5) is 18.9 Å². The Hall–Kier alpha value is -3.18.